The fraction of sp³-hybridized carbons (Fsp3) is 0.174. The molecule has 0 saturated carbocycles. The Morgan fingerprint density at radius 2 is 0.966 bits per heavy atom. The maximum Gasteiger partial charge on any atom is 0.187 e. The molecule has 142 valence electrons. The van der Waals surface area contributed by atoms with Crippen molar-refractivity contribution in [2.24, 2.45) is 20.5 Å². The van der Waals surface area contributed by atoms with E-state index in [1.807, 2.05) is 36.4 Å². The van der Waals surface area contributed by atoms with E-state index in [1.54, 1.807) is 24.3 Å². The standard InChI is InChI=1S/C23H20N6/c1-24-18-4-6-19(7-5-18)25-26-20-8-10-21(11-9-20)27-28-22-12-14-23(15-13-22)29-16-2-3-17-29/h4-15H,2-3,16-17H2. The SMILES string of the molecule is [C-]#[N+]c1ccc(N=Nc2ccc(N=Nc3ccc(N4CCCC4)cc3)cc2)cc1. The highest BCUT2D eigenvalue weighted by Crippen LogP contribution is 2.26. The van der Waals surface area contributed by atoms with Crippen LogP contribution >= 0.6 is 0 Å². The van der Waals surface area contributed by atoms with Crippen LogP contribution in [0.5, 0.6) is 0 Å². The first-order valence-corrected chi connectivity index (χ1v) is 9.56. The summed E-state index contributed by atoms with van der Waals surface area (Å²) in [6.45, 7) is 9.23. The molecule has 6 nitrogen and oxygen atoms in total. The molecule has 3 aromatic rings. The van der Waals surface area contributed by atoms with E-state index >= 15 is 0 Å². The first-order chi connectivity index (χ1) is 14.3. The van der Waals surface area contributed by atoms with Crippen molar-refractivity contribution in [3.63, 3.8) is 0 Å². The summed E-state index contributed by atoms with van der Waals surface area (Å²) in [5.41, 5.74) is 4.87. The molecule has 4 rings (SSSR count). The van der Waals surface area contributed by atoms with Gasteiger partial charge in [-0.3, -0.25) is 0 Å². The Labute approximate surface area is 170 Å². The summed E-state index contributed by atoms with van der Waals surface area (Å²) in [5.74, 6) is 0. The third kappa shape index (κ3) is 4.90. The first kappa shape index (κ1) is 18.5. The van der Waals surface area contributed by atoms with Gasteiger partial charge < -0.3 is 4.90 Å². The predicted octanol–water partition coefficient (Wildman–Crippen LogP) is 7.67. The van der Waals surface area contributed by atoms with Crippen LogP contribution < -0.4 is 4.90 Å². The number of nitrogens with zero attached hydrogens (tertiary/aromatic N) is 6. The van der Waals surface area contributed by atoms with Crippen LogP contribution in [-0.2, 0) is 0 Å². The summed E-state index contributed by atoms with van der Waals surface area (Å²) in [6.07, 6.45) is 2.54. The maximum absolute atomic E-state index is 6.96. The van der Waals surface area contributed by atoms with Crippen molar-refractivity contribution in [2.75, 3.05) is 18.0 Å². The molecule has 1 fully saturated rings. The van der Waals surface area contributed by atoms with Crippen molar-refractivity contribution in [1.82, 2.24) is 0 Å². The van der Waals surface area contributed by atoms with Gasteiger partial charge in [-0.2, -0.15) is 20.5 Å². The Balaban J connectivity index is 1.37. The lowest BCUT2D eigenvalue weighted by molar-refractivity contribution is 0.949. The molecule has 0 aromatic heterocycles. The fourth-order valence-corrected chi connectivity index (χ4v) is 3.12. The molecule has 0 radical (unpaired) electrons. The quantitative estimate of drug-likeness (QED) is 0.331. The maximum atomic E-state index is 6.96. The van der Waals surface area contributed by atoms with Crippen molar-refractivity contribution < 1.29 is 0 Å². The lowest BCUT2D eigenvalue weighted by Gasteiger charge is -2.17. The number of rotatable bonds is 5. The third-order valence-corrected chi connectivity index (χ3v) is 4.71. The lowest BCUT2D eigenvalue weighted by atomic mass is 10.2. The molecule has 0 aliphatic carbocycles. The summed E-state index contributed by atoms with van der Waals surface area (Å²) >= 11 is 0. The molecule has 0 N–H and O–H groups in total. The summed E-state index contributed by atoms with van der Waals surface area (Å²) < 4.78 is 0. The van der Waals surface area contributed by atoms with E-state index in [-0.39, 0.29) is 0 Å². The third-order valence-electron chi connectivity index (χ3n) is 4.71. The summed E-state index contributed by atoms with van der Waals surface area (Å²) in [6, 6.07) is 22.6. The highest BCUT2D eigenvalue weighted by molar-refractivity contribution is 5.54. The van der Waals surface area contributed by atoms with Gasteiger partial charge in [-0.05, 0) is 73.5 Å². The zero-order chi connectivity index (χ0) is 19.9. The lowest BCUT2D eigenvalue weighted by Crippen LogP contribution is -2.17. The van der Waals surface area contributed by atoms with Crippen LogP contribution in [0.4, 0.5) is 34.1 Å². The minimum atomic E-state index is 0.587. The second kappa shape index (κ2) is 8.89. The molecule has 0 spiro atoms. The van der Waals surface area contributed by atoms with Gasteiger partial charge in [0.2, 0.25) is 0 Å². The zero-order valence-corrected chi connectivity index (χ0v) is 15.9. The van der Waals surface area contributed by atoms with Crippen LogP contribution in [0.15, 0.2) is 93.3 Å². The number of anilines is 1. The van der Waals surface area contributed by atoms with Gasteiger partial charge in [-0.25, -0.2) is 4.85 Å². The minimum absolute atomic E-state index is 0.587. The van der Waals surface area contributed by atoms with Crippen LogP contribution in [0.2, 0.25) is 0 Å². The van der Waals surface area contributed by atoms with Crippen molar-refractivity contribution in [1.29, 1.82) is 0 Å². The monoisotopic (exact) mass is 380 g/mol. The highest BCUT2D eigenvalue weighted by Gasteiger charge is 2.11. The van der Waals surface area contributed by atoms with Crippen molar-refractivity contribution in [3.8, 4) is 0 Å². The van der Waals surface area contributed by atoms with Gasteiger partial charge in [0.25, 0.3) is 0 Å². The molecule has 6 heteroatoms. The number of hydrogen-bond acceptors (Lipinski definition) is 5. The Bertz CT molecular complexity index is 1040. The molecular formula is C23H20N6. The Morgan fingerprint density at radius 1 is 0.586 bits per heavy atom. The minimum Gasteiger partial charge on any atom is -0.372 e. The van der Waals surface area contributed by atoms with E-state index in [2.05, 4.69) is 42.3 Å². The molecular weight excluding hydrogens is 360 g/mol. The largest absolute Gasteiger partial charge is 0.372 e. The molecule has 1 aliphatic rings. The van der Waals surface area contributed by atoms with Crippen LogP contribution in [0, 0.1) is 6.57 Å². The van der Waals surface area contributed by atoms with E-state index in [0.29, 0.717) is 11.4 Å². The van der Waals surface area contributed by atoms with Gasteiger partial charge >= 0.3 is 0 Å². The van der Waals surface area contributed by atoms with E-state index in [0.717, 1.165) is 30.2 Å². The average molecular weight is 380 g/mol. The number of azo groups is 2. The first-order valence-electron chi connectivity index (χ1n) is 9.56. The van der Waals surface area contributed by atoms with Gasteiger partial charge in [0.05, 0.1) is 29.3 Å². The average Bonchev–Trinajstić information content (AvgIpc) is 3.33. The normalized spacial score (nSPS) is 14.0. The van der Waals surface area contributed by atoms with E-state index < -0.39 is 0 Å². The smallest absolute Gasteiger partial charge is 0.187 e. The molecule has 29 heavy (non-hydrogen) atoms. The molecule has 0 unspecified atom stereocenters. The van der Waals surface area contributed by atoms with Crippen molar-refractivity contribution >= 4 is 34.1 Å². The molecule has 1 heterocycles. The van der Waals surface area contributed by atoms with Gasteiger partial charge in [-0.1, -0.05) is 12.1 Å². The van der Waals surface area contributed by atoms with Crippen LogP contribution in [0.25, 0.3) is 4.85 Å². The highest BCUT2D eigenvalue weighted by atomic mass is 15.1. The van der Waals surface area contributed by atoms with E-state index in [1.165, 1.54) is 18.5 Å². The van der Waals surface area contributed by atoms with Crippen LogP contribution in [0.3, 0.4) is 0 Å². The predicted molar refractivity (Wildman–Crippen MR) is 115 cm³/mol. The second-order valence-electron chi connectivity index (χ2n) is 6.76. The van der Waals surface area contributed by atoms with Crippen molar-refractivity contribution in [2.45, 2.75) is 12.8 Å². The molecule has 0 bridgehead atoms. The van der Waals surface area contributed by atoms with Gasteiger partial charge in [0.1, 0.15) is 0 Å². The Hall–Kier alpha value is -3.85. The van der Waals surface area contributed by atoms with E-state index in [9.17, 15) is 0 Å². The molecule has 0 atom stereocenters. The molecule has 0 amide bonds. The van der Waals surface area contributed by atoms with Gasteiger partial charge in [0.15, 0.2) is 5.69 Å². The Morgan fingerprint density at radius 3 is 1.38 bits per heavy atom. The Kier molecular flexibility index (Phi) is 5.68. The van der Waals surface area contributed by atoms with Gasteiger partial charge in [-0.15, -0.1) is 0 Å². The second-order valence-corrected chi connectivity index (χ2v) is 6.76. The summed E-state index contributed by atoms with van der Waals surface area (Å²) in [5, 5.41) is 17.0. The van der Waals surface area contributed by atoms with Crippen LogP contribution in [-0.4, -0.2) is 13.1 Å². The van der Waals surface area contributed by atoms with Crippen molar-refractivity contribution in [3.05, 3.63) is 84.2 Å². The van der Waals surface area contributed by atoms with Gasteiger partial charge in [0, 0.05) is 18.8 Å². The molecule has 1 saturated heterocycles. The topological polar surface area (TPSA) is 57.0 Å². The number of hydrogen-bond donors (Lipinski definition) is 0. The summed E-state index contributed by atoms with van der Waals surface area (Å²) in [4.78, 5) is 5.75. The molecule has 1 aliphatic heterocycles. The van der Waals surface area contributed by atoms with Crippen LogP contribution in [0.1, 0.15) is 12.8 Å². The molecule has 3 aromatic carbocycles. The number of benzene rings is 3. The van der Waals surface area contributed by atoms with E-state index in [4.69, 9.17) is 6.57 Å². The summed E-state index contributed by atoms with van der Waals surface area (Å²) in [7, 11) is 0. The zero-order valence-electron chi connectivity index (χ0n) is 15.9. The fourth-order valence-electron chi connectivity index (χ4n) is 3.12.